The maximum atomic E-state index is 12.1. The van der Waals surface area contributed by atoms with Crippen LogP contribution in [0, 0.1) is 19.8 Å². The average molecular weight is 404 g/mol. The van der Waals surface area contributed by atoms with Crippen LogP contribution >= 0.6 is 0 Å². The lowest BCUT2D eigenvalue weighted by Gasteiger charge is -2.10. The summed E-state index contributed by atoms with van der Waals surface area (Å²) in [5, 5.41) is 1.11. The minimum absolute atomic E-state index is 0.411. The fourth-order valence-electron chi connectivity index (χ4n) is 4.07. The second kappa shape index (κ2) is 6.86. The summed E-state index contributed by atoms with van der Waals surface area (Å²) in [4.78, 5) is 21.8. The first-order chi connectivity index (χ1) is 14.5. The number of nitrogens with zero attached hydrogens (tertiary/aromatic N) is 4. The predicted octanol–water partition coefficient (Wildman–Crippen LogP) is 4.17. The third-order valence-corrected chi connectivity index (χ3v) is 5.81. The van der Waals surface area contributed by atoms with E-state index in [0.717, 1.165) is 40.4 Å². The number of carbonyl (C=O) groups excluding carboxylic acids is 1. The maximum absolute atomic E-state index is 12.1. The number of esters is 1. The van der Waals surface area contributed by atoms with E-state index in [1.165, 1.54) is 20.0 Å². The summed E-state index contributed by atoms with van der Waals surface area (Å²) < 4.78 is 14.7. The first-order valence-corrected chi connectivity index (χ1v) is 10.1. The van der Waals surface area contributed by atoms with Gasteiger partial charge in [-0.25, -0.2) is 14.8 Å². The first kappa shape index (κ1) is 18.7. The van der Waals surface area contributed by atoms with Crippen LogP contribution in [0.3, 0.4) is 0 Å². The second-order valence-electron chi connectivity index (χ2n) is 7.97. The fraction of sp³-hybridized carbons (Fsp3) is 0.348. The number of carbonyl (C=O) groups is 1. The third kappa shape index (κ3) is 2.93. The van der Waals surface area contributed by atoms with E-state index < -0.39 is 5.97 Å². The van der Waals surface area contributed by atoms with Gasteiger partial charge in [-0.3, -0.25) is 4.40 Å². The lowest BCUT2D eigenvalue weighted by Crippen LogP contribution is -2.05. The van der Waals surface area contributed by atoms with Gasteiger partial charge in [-0.2, -0.15) is 0 Å². The van der Waals surface area contributed by atoms with E-state index in [4.69, 9.17) is 19.4 Å². The van der Waals surface area contributed by atoms with Crippen molar-refractivity contribution >= 4 is 22.6 Å². The van der Waals surface area contributed by atoms with Gasteiger partial charge in [0.1, 0.15) is 17.0 Å². The summed E-state index contributed by atoms with van der Waals surface area (Å²) >= 11 is 0. The molecule has 7 nitrogen and oxygen atoms in total. The van der Waals surface area contributed by atoms with E-state index >= 15 is 0 Å². The normalized spacial score (nSPS) is 13.9. The molecule has 0 atom stereocenters. The van der Waals surface area contributed by atoms with Crippen LogP contribution in [0.15, 0.2) is 30.3 Å². The second-order valence-corrected chi connectivity index (χ2v) is 7.97. The molecule has 0 aliphatic heterocycles. The zero-order valence-corrected chi connectivity index (χ0v) is 17.6. The quantitative estimate of drug-likeness (QED) is 0.467. The van der Waals surface area contributed by atoms with Gasteiger partial charge in [0.05, 0.1) is 31.2 Å². The lowest BCUT2D eigenvalue weighted by molar-refractivity contribution is 0.0600. The Morgan fingerprint density at radius 3 is 2.63 bits per heavy atom. The molecule has 1 fully saturated rings. The highest BCUT2D eigenvalue weighted by Crippen LogP contribution is 2.37. The molecular weight excluding hydrogens is 380 g/mol. The van der Waals surface area contributed by atoms with Gasteiger partial charge in [-0.05, 0) is 56.9 Å². The van der Waals surface area contributed by atoms with Crippen LogP contribution in [-0.4, -0.2) is 39.1 Å². The highest BCUT2D eigenvalue weighted by molar-refractivity contribution is 5.91. The summed E-state index contributed by atoms with van der Waals surface area (Å²) in [6.07, 6.45) is 2.51. The number of rotatable bonds is 5. The third-order valence-electron chi connectivity index (χ3n) is 5.81. The molecule has 0 N–H and O–H groups in total. The molecule has 0 radical (unpaired) electrons. The molecule has 5 rings (SSSR count). The Kier molecular flexibility index (Phi) is 4.27. The molecule has 4 aromatic rings. The molecule has 30 heavy (non-hydrogen) atoms. The van der Waals surface area contributed by atoms with Gasteiger partial charge in [0.25, 0.3) is 0 Å². The molecule has 0 unspecified atom stereocenters. The molecular formula is C23H24N4O3. The van der Waals surface area contributed by atoms with Crippen molar-refractivity contribution in [3.63, 3.8) is 0 Å². The van der Waals surface area contributed by atoms with E-state index in [1.54, 1.807) is 19.2 Å². The fourth-order valence-corrected chi connectivity index (χ4v) is 4.07. The first-order valence-electron chi connectivity index (χ1n) is 10.1. The van der Waals surface area contributed by atoms with Crippen molar-refractivity contribution in [2.45, 2.75) is 33.2 Å². The van der Waals surface area contributed by atoms with Crippen molar-refractivity contribution in [3.05, 3.63) is 47.3 Å². The van der Waals surface area contributed by atoms with Gasteiger partial charge in [-0.15, -0.1) is 0 Å². The molecule has 1 aliphatic rings. The van der Waals surface area contributed by atoms with Crippen molar-refractivity contribution in [2.75, 3.05) is 14.2 Å². The minimum Gasteiger partial charge on any atom is -0.482 e. The highest BCUT2D eigenvalue weighted by atomic mass is 16.5. The van der Waals surface area contributed by atoms with Gasteiger partial charge in [0.15, 0.2) is 5.88 Å². The topological polar surface area (TPSA) is 70.7 Å². The van der Waals surface area contributed by atoms with Gasteiger partial charge in [-0.1, -0.05) is 0 Å². The van der Waals surface area contributed by atoms with E-state index in [0.29, 0.717) is 23.0 Å². The number of hydrogen-bond donors (Lipinski definition) is 0. The molecule has 0 bridgehead atoms. The number of imidazole rings is 1. The van der Waals surface area contributed by atoms with Gasteiger partial charge < -0.3 is 14.0 Å². The summed E-state index contributed by atoms with van der Waals surface area (Å²) in [7, 11) is 2.96. The van der Waals surface area contributed by atoms with Gasteiger partial charge in [0, 0.05) is 23.7 Å². The van der Waals surface area contributed by atoms with E-state index in [2.05, 4.69) is 16.7 Å². The summed E-state index contributed by atoms with van der Waals surface area (Å²) in [5.74, 6) is 0.822. The van der Waals surface area contributed by atoms with Crippen molar-refractivity contribution in [2.24, 2.45) is 5.92 Å². The maximum Gasteiger partial charge on any atom is 0.338 e. The van der Waals surface area contributed by atoms with E-state index in [1.807, 2.05) is 24.3 Å². The SMILES string of the molecule is COC(=O)c1cc(OC)n2c(C)c(-c3cc4ccc(C)nc4n3CC3CC3)nc2c1. The number of ether oxygens (including phenoxy) is 2. The average Bonchev–Trinajstić information content (AvgIpc) is 3.42. The Morgan fingerprint density at radius 2 is 1.93 bits per heavy atom. The van der Waals surface area contributed by atoms with Crippen LogP contribution in [0.25, 0.3) is 28.1 Å². The Labute approximate surface area is 174 Å². The van der Waals surface area contributed by atoms with Crippen molar-refractivity contribution in [1.82, 2.24) is 18.9 Å². The molecule has 1 aliphatic carbocycles. The molecule has 0 saturated heterocycles. The summed E-state index contributed by atoms with van der Waals surface area (Å²) in [6.45, 7) is 4.98. The van der Waals surface area contributed by atoms with Crippen molar-refractivity contribution < 1.29 is 14.3 Å². The number of pyridine rings is 2. The summed E-state index contributed by atoms with van der Waals surface area (Å²) in [6, 6.07) is 9.73. The summed E-state index contributed by atoms with van der Waals surface area (Å²) in [5.41, 5.74) is 5.92. The molecule has 0 aromatic carbocycles. The van der Waals surface area contributed by atoms with Gasteiger partial charge >= 0.3 is 5.97 Å². The largest absolute Gasteiger partial charge is 0.482 e. The number of aryl methyl sites for hydroxylation is 2. The molecule has 1 saturated carbocycles. The van der Waals surface area contributed by atoms with Crippen LogP contribution in [-0.2, 0) is 11.3 Å². The smallest absolute Gasteiger partial charge is 0.338 e. The van der Waals surface area contributed by atoms with Crippen molar-refractivity contribution in [1.29, 1.82) is 0 Å². The Hall–Kier alpha value is -3.35. The Balaban J connectivity index is 1.76. The Bertz CT molecular complexity index is 1300. The Morgan fingerprint density at radius 1 is 1.13 bits per heavy atom. The van der Waals surface area contributed by atoms with Crippen LogP contribution in [0.2, 0.25) is 0 Å². The van der Waals surface area contributed by atoms with Gasteiger partial charge in [0.2, 0.25) is 0 Å². The van der Waals surface area contributed by atoms with E-state index in [9.17, 15) is 4.79 Å². The zero-order chi connectivity index (χ0) is 21.0. The zero-order valence-electron chi connectivity index (χ0n) is 17.6. The molecule has 7 heteroatoms. The van der Waals surface area contributed by atoms with E-state index in [-0.39, 0.29) is 0 Å². The lowest BCUT2D eigenvalue weighted by atomic mass is 10.2. The monoisotopic (exact) mass is 404 g/mol. The molecule has 0 spiro atoms. The van der Waals surface area contributed by atoms with Crippen molar-refractivity contribution in [3.8, 4) is 17.3 Å². The van der Waals surface area contributed by atoms with Crippen LogP contribution in [0.4, 0.5) is 0 Å². The molecule has 0 amide bonds. The molecule has 4 heterocycles. The predicted molar refractivity (Wildman–Crippen MR) is 114 cm³/mol. The number of fused-ring (bicyclic) bond motifs is 2. The number of methoxy groups -OCH3 is 2. The number of aromatic nitrogens is 4. The van der Waals surface area contributed by atoms with Crippen LogP contribution in [0.5, 0.6) is 5.88 Å². The van der Waals surface area contributed by atoms with Crippen LogP contribution in [0.1, 0.15) is 34.6 Å². The van der Waals surface area contributed by atoms with Crippen LogP contribution < -0.4 is 4.74 Å². The minimum atomic E-state index is -0.416. The highest BCUT2D eigenvalue weighted by Gasteiger charge is 2.26. The number of hydrogen-bond acceptors (Lipinski definition) is 5. The molecule has 154 valence electrons. The standard InChI is InChI=1S/C23H24N4O3/c1-13-5-8-16-9-18(26(22(16)24-13)12-15-6-7-15)21-14(2)27-19(25-21)10-17(23(28)30-4)11-20(27)29-3/h5,8-11,15H,6-7,12H2,1-4H3. The molecule has 4 aromatic heterocycles.